The molecule has 2 aliphatic rings. The summed E-state index contributed by atoms with van der Waals surface area (Å²) in [4.78, 5) is 12.2. The Morgan fingerprint density at radius 1 is 1.35 bits per heavy atom. The fraction of sp³-hybridized carbons (Fsp3) is 0.632. The highest BCUT2D eigenvalue weighted by Gasteiger charge is 2.53. The fourth-order valence-corrected chi connectivity index (χ4v) is 4.03. The van der Waals surface area contributed by atoms with Crippen LogP contribution in [0.25, 0.3) is 0 Å². The molecule has 1 saturated heterocycles. The Morgan fingerprint density at radius 2 is 2.13 bits per heavy atom. The number of hydrogen-bond donors (Lipinski definition) is 1. The quantitative estimate of drug-likeness (QED) is 0.841. The first-order chi connectivity index (χ1) is 11.2. The van der Waals surface area contributed by atoms with Crippen LogP contribution in [0.15, 0.2) is 24.3 Å². The summed E-state index contributed by atoms with van der Waals surface area (Å²) in [6.45, 7) is 3.04. The van der Waals surface area contributed by atoms with Gasteiger partial charge in [-0.1, -0.05) is 19.1 Å². The molecular weight excluding hydrogens is 290 g/mol. The van der Waals surface area contributed by atoms with E-state index in [1.807, 2.05) is 12.1 Å². The SMILES string of the molecule is CC[C@H]1[C@@H](NC(=O)CCCc2ccc(OC)cc2)[C@H]2CCO[C@H]21. The smallest absolute Gasteiger partial charge is 0.220 e. The van der Waals surface area contributed by atoms with Crippen molar-refractivity contribution < 1.29 is 14.3 Å². The molecule has 1 N–H and O–H groups in total. The predicted molar refractivity (Wildman–Crippen MR) is 89.5 cm³/mol. The summed E-state index contributed by atoms with van der Waals surface area (Å²) in [5.41, 5.74) is 1.25. The van der Waals surface area contributed by atoms with Gasteiger partial charge in [-0.05, 0) is 43.4 Å². The highest BCUT2D eigenvalue weighted by Crippen LogP contribution is 2.45. The number of amides is 1. The molecular formula is C19H27NO3. The van der Waals surface area contributed by atoms with E-state index >= 15 is 0 Å². The van der Waals surface area contributed by atoms with Gasteiger partial charge in [0, 0.05) is 30.9 Å². The average molecular weight is 317 g/mol. The van der Waals surface area contributed by atoms with Gasteiger partial charge in [0.25, 0.3) is 0 Å². The van der Waals surface area contributed by atoms with Gasteiger partial charge in [0.1, 0.15) is 5.75 Å². The number of benzene rings is 1. The van der Waals surface area contributed by atoms with Gasteiger partial charge < -0.3 is 14.8 Å². The average Bonchev–Trinajstić information content (AvgIpc) is 2.98. The van der Waals surface area contributed by atoms with Crippen LogP contribution >= 0.6 is 0 Å². The molecule has 1 heterocycles. The number of nitrogens with one attached hydrogen (secondary N) is 1. The lowest BCUT2D eigenvalue weighted by Crippen LogP contribution is -2.61. The van der Waals surface area contributed by atoms with E-state index in [0.717, 1.165) is 38.0 Å². The van der Waals surface area contributed by atoms with Crippen molar-refractivity contribution in [2.45, 2.75) is 51.2 Å². The summed E-state index contributed by atoms with van der Waals surface area (Å²) >= 11 is 0. The maximum absolute atomic E-state index is 12.2. The summed E-state index contributed by atoms with van der Waals surface area (Å²) in [5.74, 6) is 2.11. The van der Waals surface area contributed by atoms with Gasteiger partial charge in [-0.15, -0.1) is 0 Å². The minimum atomic E-state index is 0.187. The van der Waals surface area contributed by atoms with E-state index in [-0.39, 0.29) is 5.91 Å². The molecule has 2 fully saturated rings. The van der Waals surface area contributed by atoms with E-state index in [0.29, 0.717) is 30.4 Å². The highest BCUT2D eigenvalue weighted by atomic mass is 16.5. The molecule has 0 bridgehead atoms. The van der Waals surface area contributed by atoms with Gasteiger partial charge in [0.05, 0.1) is 13.2 Å². The van der Waals surface area contributed by atoms with Crippen molar-refractivity contribution in [3.05, 3.63) is 29.8 Å². The first-order valence-electron chi connectivity index (χ1n) is 8.76. The summed E-state index contributed by atoms with van der Waals surface area (Å²) in [5, 5.41) is 3.25. The van der Waals surface area contributed by atoms with E-state index in [9.17, 15) is 4.79 Å². The third-order valence-corrected chi connectivity index (χ3v) is 5.36. The normalized spacial score (nSPS) is 28.8. The second kappa shape index (κ2) is 7.35. The lowest BCUT2D eigenvalue weighted by molar-refractivity contribution is -0.127. The third kappa shape index (κ3) is 3.52. The third-order valence-electron chi connectivity index (χ3n) is 5.36. The number of fused-ring (bicyclic) bond motifs is 1. The number of methoxy groups -OCH3 is 1. The second-order valence-electron chi connectivity index (χ2n) is 6.65. The van der Waals surface area contributed by atoms with Crippen LogP contribution in [0, 0.1) is 11.8 Å². The zero-order valence-corrected chi connectivity index (χ0v) is 14.1. The van der Waals surface area contributed by atoms with Gasteiger partial charge in [0.15, 0.2) is 0 Å². The van der Waals surface area contributed by atoms with Crippen molar-refractivity contribution in [2.24, 2.45) is 11.8 Å². The fourth-order valence-electron chi connectivity index (χ4n) is 4.03. The zero-order valence-electron chi connectivity index (χ0n) is 14.1. The van der Waals surface area contributed by atoms with Crippen LogP contribution in [0.2, 0.25) is 0 Å². The van der Waals surface area contributed by atoms with Crippen LogP contribution in [0.5, 0.6) is 5.75 Å². The van der Waals surface area contributed by atoms with Crippen LogP contribution in [0.4, 0.5) is 0 Å². The van der Waals surface area contributed by atoms with Gasteiger partial charge in [-0.25, -0.2) is 0 Å². The Bertz CT molecular complexity index is 528. The van der Waals surface area contributed by atoms with E-state index < -0.39 is 0 Å². The zero-order chi connectivity index (χ0) is 16.2. The summed E-state index contributed by atoms with van der Waals surface area (Å²) < 4.78 is 10.9. The van der Waals surface area contributed by atoms with E-state index in [1.165, 1.54) is 5.56 Å². The lowest BCUT2D eigenvalue weighted by atomic mass is 9.65. The molecule has 0 radical (unpaired) electrons. The first kappa shape index (κ1) is 16.3. The predicted octanol–water partition coefficient (Wildman–Crippen LogP) is 2.95. The Balaban J connectivity index is 1.41. The van der Waals surface area contributed by atoms with Crippen LogP contribution in [0.1, 0.15) is 38.2 Å². The maximum Gasteiger partial charge on any atom is 0.220 e. The molecule has 0 unspecified atom stereocenters. The lowest BCUT2D eigenvalue weighted by Gasteiger charge is -2.47. The Morgan fingerprint density at radius 3 is 2.83 bits per heavy atom. The van der Waals surface area contributed by atoms with Gasteiger partial charge >= 0.3 is 0 Å². The molecule has 3 rings (SSSR count). The number of rotatable bonds is 7. The largest absolute Gasteiger partial charge is 0.497 e. The molecule has 1 amide bonds. The first-order valence-corrected chi connectivity index (χ1v) is 8.76. The molecule has 1 aromatic rings. The minimum Gasteiger partial charge on any atom is -0.497 e. The van der Waals surface area contributed by atoms with Gasteiger partial charge in [-0.3, -0.25) is 4.79 Å². The number of aryl methyl sites for hydroxylation is 1. The van der Waals surface area contributed by atoms with E-state index in [4.69, 9.17) is 9.47 Å². The Labute approximate surface area is 138 Å². The van der Waals surface area contributed by atoms with Gasteiger partial charge in [-0.2, -0.15) is 0 Å². The molecule has 1 aliphatic heterocycles. The standard InChI is InChI=1S/C19H27NO3/c1-3-15-18(16-11-12-23-19(15)16)20-17(21)6-4-5-13-7-9-14(22-2)10-8-13/h7-10,15-16,18-19H,3-6,11-12H2,1-2H3,(H,20,21)/t15-,16+,18+,19-/m0/s1. The molecule has 0 aromatic heterocycles. The number of ether oxygens (including phenoxy) is 2. The van der Waals surface area contributed by atoms with Crippen LogP contribution in [-0.4, -0.2) is 31.8 Å². The van der Waals surface area contributed by atoms with Crippen LogP contribution in [0.3, 0.4) is 0 Å². The van der Waals surface area contributed by atoms with Crippen molar-refractivity contribution in [3.63, 3.8) is 0 Å². The monoisotopic (exact) mass is 317 g/mol. The number of carbonyl (C=O) groups is 1. The molecule has 1 saturated carbocycles. The van der Waals surface area contributed by atoms with Crippen molar-refractivity contribution in [3.8, 4) is 5.75 Å². The van der Waals surface area contributed by atoms with Crippen LogP contribution < -0.4 is 10.1 Å². The number of carbonyl (C=O) groups excluding carboxylic acids is 1. The van der Waals surface area contributed by atoms with Crippen LogP contribution in [-0.2, 0) is 16.0 Å². The minimum absolute atomic E-state index is 0.187. The second-order valence-corrected chi connectivity index (χ2v) is 6.65. The molecule has 23 heavy (non-hydrogen) atoms. The molecule has 1 aromatic carbocycles. The summed E-state index contributed by atoms with van der Waals surface area (Å²) in [6.07, 6.45) is 4.97. The Kier molecular flexibility index (Phi) is 5.21. The molecule has 4 nitrogen and oxygen atoms in total. The number of hydrogen-bond acceptors (Lipinski definition) is 3. The molecule has 126 valence electrons. The molecule has 4 atom stereocenters. The van der Waals surface area contributed by atoms with Crippen molar-refractivity contribution >= 4 is 5.91 Å². The van der Waals surface area contributed by atoms with E-state index in [2.05, 4.69) is 24.4 Å². The highest BCUT2D eigenvalue weighted by molar-refractivity contribution is 5.76. The molecule has 4 heteroatoms. The maximum atomic E-state index is 12.2. The summed E-state index contributed by atoms with van der Waals surface area (Å²) in [7, 11) is 1.67. The van der Waals surface area contributed by atoms with Crippen molar-refractivity contribution in [1.29, 1.82) is 0 Å². The molecule has 0 spiro atoms. The summed E-state index contributed by atoms with van der Waals surface area (Å²) in [6, 6.07) is 8.40. The topological polar surface area (TPSA) is 47.6 Å². The molecule has 1 aliphatic carbocycles. The van der Waals surface area contributed by atoms with Crippen molar-refractivity contribution in [1.82, 2.24) is 5.32 Å². The Hall–Kier alpha value is -1.55. The van der Waals surface area contributed by atoms with Crippen molar-refractivity contribution in [2.75, 3.05) is 13.7 Å². The van der Waals surface area contributed by atoms with E-state index in [1.54, 1.807) is 7.11 Å². The van der Waals surface area contributed by atoms with Gasteiger partial charge in [0.2, 0.25) is 5.91 Å².